The van der Waals surface area contributed by atoms with Gasteiger partial charge in [0, 0.05) is 6.07 Å². The van der Waals surface area contributed by atoms with Crippen molar-refractivity contribution in [1.29, 1.82) is 0 Å². The molecule has 0 unspecified atom stereocenters. The SMILES string of the molecule is O=C(N[C@H](CO)Cc1ccc(O)cc1)c1coc(Br)c1. The van der Waals surface area contributed by atoms with Crippen LogP contribution in [0.4, 0.5) is 0 Å². The maximum Gasteiger partial charge on any atom is 0.254 e. The molecule has 0 fully saturated rings. The van der Waals surface area contributed by atoms with Crippen molar-refractivity contribution < 1.29 is 19.4 Å². The Labute approximate surface area is 124 Å². The summed E-state index contributed by atoms with van der Waals surface area (Å²) in [7, 11) is 0. The maximum atomic E-state index is 11.9. The molecule has 20 heavy (non-hydrogen) atoms. The Hall–Kier alpha value is -1.79. The number of aromatic hydroxyl groups is 1. The number of phenolic OH excluding ortho intramolecular Hbond substituents is 1. The van der Waals surface area contributed by atoms with Crippen molar-refractivity contribution >= 4 is 21.8 Å². The van der Waals surface area contributed by atoms with E-state index in [1.807, 2.05) is 0 Å². The smallest absolute Gasteiger partial charge is 0.254 e. The van der Waals surface area contributed by atoms with Crippen molar-refractivity contribution in [3.63, 3.8) is 0 Å². The van der Waals surface area contributed by atoms with E-state index in [4.69, 9.17) is 4.42 Å². The molecule has 1 aromatic heterocycles. The fraction of sp³-hybridized carbons (Fsp3) is 0.214. The highest BCUT2D eigenvalue weighted by molar-refractivity contribution is 9.10. The molecule has 1 atom stereocenters. The van der Waals surface area contributed by atoms with E-state index in [0.717, 1.165) is 5.56 Å². The van der Waals surface area contributed by atoms with E-state index < -0.39 is 6.04 Å². The molecule has 0 saturated heterocycles. The van der Waals surface area contributed by atoms with Gasteiger partial charge >= 0.3 is 0 Å². The number of carbonyl (C=O) groups excluding carboxylic acids is 1. The molecule has 0 aliphatic heterocycles. The van der Waals surface area contributed by atoms with Crippen molar-refractivity contribution in [2.75, 3.05) is 6.61 Å². The van der Waals surface area contributed by atoms with Crippen molar-refractivity contribution in [2.45, 2.75) is 12.5 Å². The lowest BCUT2D eigenvalue weighted by molar-refractivity contribution is 0.0916. The fourth-order valence-corrected chi connectivity index (χ4v) is 2.12. The number of hydrogen-bond donors (Lipinski definition) is 3. The molecular formula is C14H14BrNO4. The van der Waals surface area contributed by atoms with Gasteiger partial charge in [-0.15, -0.1) is 0 Å². The van der Waals surface area contributed by atoms with E-state index in [1.54, 1.807) is 30.3 Å². The molecule has 3 N–H and O–H groups in total. The second kappa shape index (κ2) is 6.58. The number of amides is 1. The Balaban J connectivity index is 1.98. The number of carbonyl (C=O) groups is 1. The van der Waals surface area contributed by atoms with Crippen LogP contribution in [0.15, 0.2) is 45.7 Å². The molecule has 0 aliphatic carbocycles. The van der Waals surface area contributed by atoms with Gasteiger partial charge in [-0.1, -0.05) is 12.1 Å². The van der Waals surface area contributed by atoms with Crippen LogP contribution in [0.1, 0.15) is 15.9 Å². The zero-order chi connectivity index (χ0) is 14.5. The Morgan fingerprint density at radius 3 is 2.60 bits per heavy atom. The lowest BCUT2D eigenvalue weighted by Crippen LogP contribution is -2.38. The lowest BCUT2D eigenvalue weighted by atomic mass is 10.1. The Bertz CT molecular complexity index is 579. The number of aliphatic hydroxyl groups is 1. The highest BCUT2D eigenvalue weighted by Crippen LogP contribution is 2.15. The van der Waals surface area contributed by atoms with Crippen LogP contribution < -0.4 is 5.32 Å². The molecular weight excluding hydrogens is 326 g/mol. The van der Waals surface area contributed by atoms with Gasteiger partial charge in [-0.3, -0.25) is 4.79 Å². The van der Waals surface area contributed by atoms with Gasteiger partial charge < -0.3 is 19.9 Å². The van der Waals surface area contributed by atoms with Crippen LogP contribution in [0.2, 0.25) is 0 Å². The van der Waals surface area contributed by atoms with E-state index in [9.17, 15) is 15.0 Å². The molecule has 5 nitrogen and oxygen atoms in total. The topological polar surface area (TPSA) is 82.7 Å². The van der Waals surface area contributed by atoms with Crippen LogP contribution in [-0.2, 0) is 6.42 Å². The van der Waals surface area contributed by atoms with E-state index in [-0.39, 0.29) is 18.3 Å². The summed E-state index contributed by atoms with van der Waals surface area (Å²) in [4.78, 5) is 11.9. The Kier molecular flexibility index (Phi) is 4.81. The summed E-state index contributed by atoms with van der Waals surface area (Å²) in [5.74, 6) is -0.126. The quantitative estimate of drug-likeness (QED) is 0.778. The van der Waals surface area contributed by atoms with Gasteiger partial charge in [0.15, 0.2) is 4.67 Å². The van der Waals surface area contributed by atoms with Gasteiger partial charge in [0.25, 0.3) is 5.91 Å². The predicted molar refractivity (Wildman–Crippen MR) is 76.6 cm³/mol. The van der Waals surface area contributed by atoms with Crippen LogP contribution in [-0.4, -0.2) is 28.8 Å². The molecule has 1 heterocycles. The minimum Gasteiger partial charge on any atom is -0.508 e. The third kappa shape index (κ3) is 3.85. The van der Waals surface area contributed by atoms with Crippen molar-refractivity contribution in [3.05, 3.63) is 52.4 Å². The van der Waals surface area contributed by atoms with Gasteiger partial charge in [-0.05, 0) is 40.0 Å². The molecule has 0 radical (unpaired) electrons. The van der Waals surface area contributed by atoms with E-state index >= 15 is 0 Å². The summed E-state index contributed by atoms with van der Waals surface area (Å²) in [6.07, 6.45) is 1.82. The second-order valence-corrected chi connectivity index (χ2v) is 5.14. The summed E-state index contributed by atoms with van der Waals surface area (Å²) in [5, 5.41) is 21.3. The van der Waals surface area contributed by atoms with Gasteiger partial charge in [-0.2, -0.15) is 0 Å². The number of aliphatic hydroxyl groups excluding tert-OH is 1. The largest absolute Gasteiger partial charge is 0.508 e. The number of benzene rings is 1. The molecule has 0 aliphatic rings. The third-order valence-corrected chi connectivity index (χ3v) is 3.22. The lowest BCUT2D eigenvalue weighted by Gasteiger charge is -2.15. The Morgan fingerprint density at radius 1 is 1.35 bits per heavy atom. The van der Waals surface area contributed by atoms with Crippen LogP contribution >= 0.6 is 15.9 Å². The first kappa shape index (κ1) is 14.6. The molecule has 2 rings (SSSR count). The summed E-state index contributed by atoms with van der Waals surface area (Å²) >= 11 is 3.12. The maximum absolute atomic E-state index is 11.9. The first-order valence-corrected chi connectivity index (χ1v) is 6.81. The normalized spacial score (nSPS) is 12.1. The highest BCUT2D eigenvalue weighted by atomic mass is 79.9. The highest BCUT2D eigenvalue weighted by Gasteiger charge is 2.15. The minimum absolute atomic E-state index is 0.175. The molecule has 1 aromatic carbocycles. The molecule has 0 saturated carbocycles. The third-order valence-electron chi connectivity index (χ3n) is 2.80. The fourth-order valence-electron chi connectivity index (χ4n) is 1.78. The Morgan fingerprint density at radius 2 is 2.05 bits per heavy atom. The predicted octanol–water partition coefficient (Wildman–Crippen LogP) is 2.08. The van der Waals surface area contributed by atoms with E-state index in [1.165, 1.54) is 6.26 Å². The van der Waals surface area contributed by atoms with E-state index in [0.29, 0.717) is 16.7 Å². The van der Waals surface area contributed by atoms with Gasteiger partial charge in [0.05, 0.1) is 18.2 Å². The van der Waals surface area contributed by atoms with Gasteiger partial charge in [-0.25, -0.2) is 0 Å². The van der Waals surface area contributed by atoms with Crippen LogP contribution in [0.3, 0.4) is 0 Å². The number of nitrogens with one attached hydrogen (secondary N) is 1. The first-order chi connectivity index (χ1) is 9.58. The monoisotopic (exact) mass is 339 g/mol. The standard InChI is InChI=1S/C14H14BrNO4/c15-13-6-10(8-20-13)14(19)16-11(7-17)5-9-1-3-12(18)4-2-9/h1-4,6,8,11,17-18H,5,7H2,(H,16,19)/t11-/m0/s1. The molecule has 0 spiro atoms. The van der Waals surface area contributed by atoms with Crippen molar-refractivity contribution in [2.24, 2.45) is 0 Å². The zero-order valence-corrected chi connectivity index (χ0v) is 12.1. The molecule has 6 heteroatoms. The van der Waals surface area contributed by atoms with Crippen molar-refractivity contribution in [3.8, 4) is 5.75 Å². The number of hydrogen-bond acceptors (Lipinski definition) is 4. The molecule has 0 bridgehead atoms. The average Bonchev–Trinajstić information content (AvgIpc) is 2.87. The number of halogens is 1. The minimum atomic E-state index is -0.402. The van der Waals surface area contributed by atoms with Gasteiger partial charge in [0.1, 0.15) is 12.0 Å². The summed E-state index contributed by atoms with van der Waals surface area (Å²) in [6, 6.07) is 7.79. The molecule has 1 amide bonds. The van der Waals surface area contributed by atoms with Crippen LogP contribution in [0.25, 0.3) is 0 Å². The summed E-state index contributed by atoms with van der Waals surface area (Å²) in [6.45, 7) is -0.175. The van der Waals surface area contributed by atoms with Crippen LogP contribution in [0.5, 0.6) is 5.75 Å². The second-order valence-electron chi connectivity index (χ2n) is 4.36. The average molecular weight is 340 g/mol. The number of phenols is 1. The summed E-state index contributed by atoms with van der Waals surface area (Å²) < 4.78 is 5.47. The van der Waals surface area contributed by atoms with Crippen LogP contribution in [0, 0.1) is 0 Å². The molecule has 2 aromatic rings. The summed E-state index contributed by atoms with van der Waals surface area (Å²) in [5.41, 5.74) is 1.30. The zero-order valence-electron chi connectivity index (χ0n) is 10.5. The van der Waals surface area contributed by atoms with Crippen molar-refractivity contribution in [1.82, 2.24) is 5.32 Å². The first-order valence-electron chi connectivity index (χ1n) is 6.02. The van der Waals surface area contributed by atoms with E-state index in [2.05, 4.69) is 21.2 Å². The molecule has 106 valence electrons. The van der Waals surface area contributed by atoms with Gasteiger partial charge in [0.2, 0.25) is 0 Å². The number of rotatable bonds is 5. The number of furan rings is 1.